The van der Waals surface area contributed by atoms with Gasteiger partial charge in [-0.15, -0.1) is 0 Å². The molecule has 0 saturated heterocycles. The van der Waals surface area contributed by atoms with Gasteiger partial charge in [-0.25, -0.2) is 9.36 Å². The summed E-state index contributed by atoms with van der Waals surface area (Å²) in [4.78, 5) is 14.1. The van der Waals surface area contributed by atoms with Crippen molar-refractivity contribution in [2.24, 2.45) is 7.05 Å². The van der Waals surface area contributed by atoms with E-state index in [9.17, 15) is 4.79 Å². The smallest absolute Gasteiger partial charge is 0.416 e. The highest BCUT2D eigenvalue weighted by Gasteiger charge is 2.34. The van der Waals surface area contributed by atoms with Gasteiger partial charge in [-0.2, -0.15) is 4.57 Å². The zero-order chi connectivity index (χ0) is 10.8. The molecule has 1 heterocycles. The molecule has 1 aromatic rings. The molecule has 0 bridgehead atoms. The Morgan fingerprint density at radius 1 is 1.56 bits per heavy atom. The summed E-state index contributed by atoms with van der Waals surface area (Å²) in [6.07, 6.45) is 8.86. The third-order valence-corrected chi connectivity index (χ3v) is 2.69. The van der Waals surface area contributed by atoms with Gasteiger partial charge in [-0.1, -0.05) is 6.92 Å². The molecule has 0 atom stereocenters. The van der Waals surface area contributed by atoms with Crippen LogP contribution in [0, 0.1) is 0 Å². The number of hydrogen-bond donors (Lipinski definition) is 0. The van der Waals surface area contributed by atoms with Crippen LogP contribution >= 0.6 is 0 Å². The van der Waals surface area contributed by atoms with Gasteiger partial charge in [0.05, 0.1) is 7.05 Å². The largest absolute Gasteiger partial charge is 1.00 e. The summed E-state index contributed by atoms with van der Waals surface area (Å²) < 4.78 is 3.54. The maximum absolute atomic E-state index is 12.1. The highest BCUT2D eigenvalue weighted by atomic mass is 127. The van der Waals surface area contributed by atoms with Gasteiger partial charge in [0.15, 0.2) is 0 Å². The van der Waals surface area contributed by atoms with Crippen molar-refractivity contribution in [1.29, 1.82) is 0 Å². The first-order valence-electron chi connectivity index (χ1n) is 5.56. The van der Waals surface area contributed by atoms with Crippen LogP contribution in [0.4, 0.5) is 4.79 Å². The number of imidazole rings is 1. The standard InChI is InChI=1S/C11H18N3O.HI/c1-3-6-14(10-4-5-10)11(15)13-8-7-12(2)9-13;/h7-10H,3-6H2,1-2H3;1H/q+1;/p-1. The van der Waals surface area contributed by atoms with Gasteiger partial charge in [0, 0.05) is 12.6 Å². The molecule has 5 heteroatoms. The molecule has 1 fully saturated rings. The number of nitrogens with zero attached hydrogens (tertiary/aromatic N) is 3. The van der Waals surface area contributed by atoms with Crippen molar-refractivity contribution in [3.63, 3.8) is 0 Å². The molecule has 2 rings (SSSR count). The highest BCUT2D eigenvalue weighted by molar-refractivity contribution is 5.77. The van der Waals surface area contributed by atoms with E-state index in [1.807, 2.05) is 35.2 Å². The average Bonchev–Trinajstić information content (AvgIpc) is 2.96. The predicted molar refractivity (Wildman–Crippen MR) is 56.4 cm³/mol. The van der Waals surface area contributed by atoms with Gasteiger partial charge in [0.1, 0.15) is 12.4 Å². The van der Waals surface area contributed by atoms with E-state index in [0.717, 1.165) is 13.0 Å². The lowest BCUT2D eigenvalue weighted by Crippen LogP contribution is -3.00. The van der Waals surface area contributed by atoms with Crippen LogP contribution in [0.5, 0.6) is 0 Å². The molecule has 4 nitrogen and oxygen atoms in total. The Morgan fingerprint density at radius 3 is 2.69 bits per heavy atom. The summed E-state index contributed by atoms with van der Waals surface area (Å²) in [6, 6.07) is 0.602. The van der Waals surface area contributed by atoms with E-state index in [4.69, 9.17) is 0 Å². The molecule has 1 aliphatic rings. The Balaban J connectivity index is 0.00000128. The minimum Gasteiger partial charge on any atom is -1.00 e. The minimum absolute atomic E-state index is 0. The lowest BCUT2D eigenvalue weighted by atomic mass is 10.4. The van der Waals surface area contributed by atoms with Gasteiger partial charge in [0.2, 0.25) is 0 Å². The molecular weight excluding hydrogens is 317 g/mol. The third-order valence-electron chi connectivity index (χ3n) is 2.69. The fraction of sp³-hybridized carbons (Fsp3) is 0.636. The lowest BCUT2D eigenvalue weighted by Gasteiger charge is -2.18. The molecule has 1 aliphatic carbocycles. The molecule has 1 amide bonds. The second kappa shape index (κ2) is 5.65. The van der Waals surface area contributed by atoms with Gasteiger partial charge < -0.3 is 28.9 Å². The first-order chi connectivity index (χ1) is 7.22. The van der Waals surface area contributed by atoms with Crippen LogP contribution in [0.3, 0.4) is 0 Å². The van der Waals surface area contributed by atoms with Crippen molar-refractivity contribution in [3.05, 3.63) is 18.7 Å². The topological polar surface area (TPSA) is 29.1 Å². The molecule has 0 aromatic carbocycles. The van der Waals surface area contributed by atoms with Crippen LogP contribution in [0.15, 0.2) is 18.7 Å². The Hall–Kier alpha value is -0.590. The van der Waals surface area contributed by atoms with Crippen LogP contribution in [-0.4, -0.2) is 28.1 Å². The maximum Gasteiger partial charge on any atom is 0.416 e. The number of amides is 1. The molecule has 1 aromatic heterocycles. The highest BCUT2D eigenvalue weighted by Crippen LogP contribution is 2.27. The third kappa shape index (κ3) is 2.96. The van der Waals surface area contributed by atoms with Gasteiger partial charge >= 0.3 is 6.03 Å². The van der Waals surface area contributed by atoms with Crippen LogP contribution in [0.1, 0.15) is 26.2 Å². The summed E-state index contributed by atoms with van der Waals surface area (Å²) in [5.41, 5.74) is 0. The van der Waals surface area contributed by atoms with Crippen LogP contribution in [-0.2, 0) is 7.05 Å². The summed E-state index contributed by atoms with van der Waals surface area (Å²) in [5.74, 6) is 0. The summed E-state index contributed by atoms with van der Waals surface area (Å²) in [5, 5.41) is 0. The summed E-state index contributed by atoms with van der Waals surface area (Å²) in [6.45, 7) is 2.98. The first-order valence-corrected chi connectivity index (χ1v) is 5.56. The first kappa shape index (κ1) is 13.5. The summed E-state index contributed by atoms with van der Waals surface area (Å²) in [7, 11) is 1.92. The minimum atomic E-state index is 0. The molecule has 0 aliphatic heterocycles. The molecule has 0 spiro atoms. The number of rotatable bonds is 3. The normalized spacial score (nSPS) is 14.4. The van der Waals surface area contributed by atoms with Gasteiger partial charge in [-0.05, 0) is 19.3 Å². The molecule has 0 N–H and O–H groups in total. The second-order valence-electron chi connectivity index (χ2n) is 4.19. The fourth-order valence-electron chi connectivity index (χ4n) is 1.77. The van der Waals surface area contributed by atoms with E-state index >= 15 is 0 Å². The Labute approximate surface area is 113 Å². The van der Waals surface area contributed by atoms with Gasteiger partial charge in [-0.3, -0.25) is 0 Å². The van der Waals surface area contributed by atoms with Gasteiger partial charge in [0.25, 0.3) is 6.33 Å². The Kier molecular flexibility index (Phi) is 4.76. The molecule has 0 unspecified atom stereocenters. The van der Waals surface area contributed by atoms with Crippen molar-refractivity contribution in [1.82, 2.24) is 9.47 Å². The number of hydrogen-bond acceptors (Lipinski definition) is 1. The van der Waals surface area contributed by atoms with E-state index in [1.165, 1.54) is 12.8 Å². The van der Waals surface area contributed by atoms with E-state index in [2.05, 4.69) is 6.92 Å². The molecular formula is C11H18IN3O. The molecule has 16 heavy (non-hydrogen) atoms. The second-order valence-corrected chi connectivity index (χ2v) is 4.19. The van der Waals surface area contributed by atoms with Crippen LogP contribution in [0.25, 0.3) is 0 Å². The number of halogens is 1. The van der Waals surface area contributed by atoms with E-state index < -0.39 is 0 Å². The van der Waals surface area contributed by atoms with Crippen molar-refractivity contribution in [3.8, 4) is 0 Å². The molecule has 90 valence electrons. The monoisotopic (exact) mass is 335 g/mol. The van der Waals surface area contributed by atoms with Crippen molar-refractivity contribution < 1.29 is 33.3 Å². The maximum atomic E-state index is 12.1. The van der Waals surface area contributed by atoms with Crippen molar-refractivity contribution in [2.45, 2.75) is 32.2 Å². The van der Waals surface area contributed by atoms with E-state index in [-0.39, 0.29) is 30.0 Å². The van der Waals surface area contributed by atoms with Crippen molar-refractivity contribution in [2.75, 3.05) is 6.54 Å². The Bertz CT molecular complexity index is 360. The SMILES string of the molecule is CCCN(C(=O)n1cc[n+](C)c1)C1CC1.[I-]. The average molecular weight is 335 g/mol. The van der Waals surface area contributed by atoms with E-state index in [1.54, 1.807) is 4.57 Å². The number of aromatic nitrogens is 2. The number of aryl methyl sites for hydroxylation is 1. The fourth-order valence-corrected chi connectivity index (χ4v) is 1.77. The van der Waals surface area contributed by atoms with E-state index in [0.29, 0.717) is 6.04 Å². The van der Waals surface area contributed by atoms with Crippen molar-refractivity contribution >= 4 is 6.03 Å². The summed E-state index contributed by atoms with van der Waals surface area (Å²) >= 11 is 0. The lowest BCUT2D eigenvalue weighted by molar-refractivity contribution is -0.670. The molecule has 1 saturated carbocycles. The quantitative estimate of drug-likeness (QED) is 0.472. The number of carbonyl (C=O) groups excluding carboxylic acids is 1. The van der Waals surface area contributed by atoms with Crippen LogP contribution in [0.2, 0.25) is 0 Å². The predicted octanol–water partition coefficient (Wildman–Crippen LogP) is -1.84. The van der Waals surface area contributed by atoms with Crippen LogP contribution < -0.4 is 28.5 Å². The zero-order valence-electron chi connectivity index (χ0n) is 9.77. The Morgan fingerprint density at radius 2 is 2.25 bits per heavy atom. The number of carbonyl (C=O) groups is 1. The zero-order valence-corrected chi connectivity index (χ0v) is 11.9. The molecule has 0 radical (unpaired) electrons.